The highest BCUT2D eigenvalue weighted by molar-refractivity contribution is 5.30. The van der Waals surface area contributed by atoms with E-state index in [1.807, 2.05) is 6.92 Å². The Hall–Kier alpha value is -0.920. The van der Waals surface area contributed by atoms with Crippen LogP contribution >= 0.6 is 0 Å². The lowest BCUT2D eigenvalue weighted by Crippen LogP contribution is -1.96. The lowest BCUT2D eigenvalue weighted by molar-refractivity contribution is 0.507. The minimum atomic E-state index is -0.781. The lowest BCUT2D eigenvalue weighted by atomic mass is 9.95. The van der Waals surface area contributed by atoms with Crippen LogP contribution in [0.5, 0.6) is 0 Å². The molecule has 0 aliphatic carbocycles. The fourth-order valence-electron chi connectivity index (χ4n) is 1.35. The van der Waals surface area contributed by atoms with Gasteiger partial charge in [-0.15, -0.1) is 0 Å². The Labute approximate surface area is 84.0 Å². The molecule has 0 heterocycles. The van der Waals surface area contributed by atoms with Crippen LogP contribution in [0.2, 0.25) is 0 Å². The molecule has 0 N–H and O–H groups in total. The lowest BCUT2D eigenvalue weighted by Gasteiger charge is -2.10. The molecule has 0 saturated heterocycles. The molecular weight excluding hydrogens is 182 g/mol. The Morgan fingerprint density at radius 3 is 2.50 bits per heavy atom. The van der Waals surface area contributed by atoms with Gasteiger partial charge in [0, 0.05) is 5.92 Å². The quantitative estimate of drug-likeness (QED) is 0.681. The van der Waals surface area contributed by atoms with Gasteiger partial charge >= 0.3 is 0 Å². The minimum Gasteiger partial charge on any atom is -0.204 e. The molecule has 77 valence electrons. The molecule has 1 radical (unpaired) electrons. The summed E-state index contributed by atoms with van der Waals surface area (Å²) in [5.74, 6) is -0.430. The Bertz CT molecular complexity index is 294. The van der Waals surface area contributed by atoms with Gasteiger partial charge in [-0.2, -0.15) is 0 Å². The second kappa shape index (κ2) is 5.08. The SMILES string of the molecule is CCCC[C](C)c1ccc(F)c(F)c1. The maximum atomic E-state index is 12.9. The van der Waals surface area contributed by atoms with Crippen molar-refractivity contribution in [3.63, 3.8) is 0 Å². The van der Waals surface area contributed by atoms with Gasteiger partial charge in [0.1, 0.15) is 0 Å². The van der Waals surface area contributed by atoms with E-state index in [0.717, 1.165) is 30.7 Å². The highest BCUT2D eigenvalue weighted by Crippen LogP contribution is 2.21. The summed E-state index contributed by atoms with van der Waals surface area (Å²) in [4.78, 5) is 0. The van der Waals surface area contributed by atoms with E-state index in [4.69, 9.17) is 0 Å². The first-order valence-electron chi connectivity index (χ1n) is 4.93. The third-order valence-electron chi connectivity index (χ3n) is 2.32. The summed E-state index contributed by atoms with van der Waals surface area (Å²) in [6.45, 7) is 4.07. The molecule has 0 saturated carbocycles. The summed E-state index contributed by atoms with van der Waals surface area (Å²) in [6, 6.07) is 4.07. The summed E-state index contributed by atoms with van der Waals surface area (Å²) in [6.07, 6.45) is 3.15. The van der Waals surface area contributed by atoms with Gasteiger partial charge in [-0.3, -0.25) is 0 Å². The summed E-state index contributed by atoms with van der Waals surface area (Å²) in [7, 11) is 0. The van der Waals surface area contributed by atoms with Crippen LogP contribution in [0.15, 0.2) is 18.2 Å². The monoisotopic (exact) mass is 197 g/mol. The third-order valence-corrected chi connectivity index (χ3v) is 2.32. The molecule has 0 unspecified atom stereocenters. The van der Waals surface area contributed by atoms with Crippen LogP contribution in [-0.2, 0) is 0 Å². The van der Waals surface area contributed by atoms with Gasteiger partial charge in [-0.1, -0.05) is 32.8 Å². The van der Waals surface area contributed by atoms with E-state index >= 15 is 0 Å². The van der Waals surface area contributed by atoms with Gasteiger partial charge < -0.3 is 0 Å². The third kappa shape index (κ3) is 2.79. The maximum absolute atomic E-state index is 12.9. The molecule has 1 aromatic carbocycles. The first kappa shape index (κ1) is 11.2. The van der Waals surface area contributed by atoms with Crippen LogP contribution in [0, 0.1) is 17.6 Å². The Kier molecular flexibility index (Phi) is 4.05. The summed E-state index contributed by atoms with van der Waals surface area (Å²) in [5.41, 5.74) is 0.803. The summed E-state index contributed by atoms with van der Waals surface area (Å²) < 4.78 is 25.5. The average molecular weight is 197 g/mol. The van der Waals surface area contributed by atoms with Gasteiger partial charge in [-0.05, 0) is 24.1 Å². The van der Waals surface area contributed by atoms with Crippen LogP contribution in [0.1, 0.15) is 38.7 Å². The van der Waals surface area contributed by atoms with E-state index in [-0.39, 0.29) is 0 Å². The predicted octanol–water partition coefficient (Wildman–Crippen LogP) is 4.10. The van der Waals surface area contributed by atoms with Crippen LogP contribution < -0.4 is 0 Å². The Morgan fingerprint density at radius 1 is 1.21 bits per heavy atom. The van der Waals surface area contributed by atoms with Crippen LogP contribution in [0.25, 0.3) is 0 Å². The van der Waals surface area contributed by atoms with Crippen molar-refractivity contribution >= 4 is 0 Å². The minimum absolute atomic E-state index is 0.765. The van der Waals surface area contributed by atoms with E-state index in [0.29, 0.717) is 0 Å². The van der Waals surface area contributed by atoms with Crippen LogP contribution in [0.3, 0.4) is 0 Å². The second-order valence-electron chi connectivity index (χ2n) is 3.51. The molecule has 0 bridgehead atoms. The highest BCUT2D eigenvalue weighted by Gasteiger charge is 2.08. The van der Waals surface area contributed by atoms with E-state index < -0.39 is 11.6 Å². The van der Waals surface area contributed by atoms with Crippen molar-refractivity contribution in [2.24, 2.45) is 0 Å². The van der Waals surface area contributed by atoms with E-state index in [2.05, 4.69) is 6.92 Å². The zero-order chi connectivity index (χ0) is 10.6. The zero-order valence-electron chi connectivity index (χ0n) is 8.61. The van der Waals surface area contributed by atoms with Gasteiger partial charge in [0.15, 0.2) is 11.6 Å². The van der Waals surface area contributed by atoms with Crippen LogP contribution in [-0.4, -0.2) is 0 Å². The number of rotatable bonds is 4. The molecular formula is C12H15F2. The molecule has 0 fully saturated rings. The van der Waals surface area contributed by atoms with Crippen molar-refractivity contribution in [2.75, 3.05) is 0 Å². The molecule has 0 aromatic heterocycles. The molecule has 0 atom stereocenters. The molecule has 0 aliphatic rings. The smallest absolute Gasteiger partial charge is 0.159 e. The maximum Gasteiger partial charge on any atom is 0.159 e. The molecule has 0 nitrogen and oxygen atoms in total. The molecule has 14 heavy (non-hydrogen) atoms. The first-order valence-corrected chi connectivity index (χ1v) is 4.93. The fourth-order valence-corrected chi connectivity index (χ4v) is 1.35. The normalized spacial score (nSPS) is 10.9. The topological polar surface area (TPSA) is 0 Å². The molecule has 1 rings (SSSR count). The molecule has 2 heteroatoms. The van der Waals surface area contributed by atoms with Crippen molar-refractivity contribution in [2.45, 2.75) is 33.1 Å². The summed E-state index contributed by atoms with van der Waals surface area (Å²) >= 11 is 0. The molecule has 1 aromatic rings. The largest absolute Gasteiger partial charge is 0.204 e. The number of hydrogen-bond donors (Lipinski definition) is 0. The number of halogens is 2. The average Bonchev–Trinajstić information content (AvgIpc) is 2.18. The summed E-state index contributed by atoms with van der Waals surface area (Å²) in [5, 5.41) is 0. The standard InChI is InChI=1S/C12H15F2/c1-3-4-5-9(2)10-6-7-11(13)12(14)8-10/h6-8H,3-5H2,1-2H3. The molecule has 0 spiro atoms. The first-order chi connectivity index (χ1) is 6.65. The number of benzene rings is 1. The number of unbranched alkanes of at least 4 members (excludes halogenated alkanes) is 1. The van der Waals surface area contributed by atoms with E-state index in [1.54, 1.807) is 6.07 Å². The van der Waals surface area contributed by atoms with Crippen molar-refractivity contribution in [1.82, 2.24) is 0 Å². The van der Waals surface area contributed by atoms with Gasteiger partial charge in [0.25, 0.3) is 0 Å². The van der Waals surface area contributed by atoms with E-state index in [1.165, 1.54) is 12.1 Å². The van der Waals surface area contributed by atoms with E-state index in [9.17, 15) is 8.78 Å². The van der Waals surface area contributed by atoms with Gasteiger partial charge in [-0.25, -0.2) is 8.78 Å². The molecule has 0 aliphatic heterocycles. The zero-order valence-corrected chi connectivity index (χ0v) is 8.61. The van der Waals surface area contributed by atoms with Crippen molar-refractivity contribution in [3.05, 3.63) is 41.3 Å². The van der Waals surface area contributed by atoms with Gasteiger partial charge in [0.2, 0.25) is 0 Å². The van der Waals surface area contributed by atoms with Crippen molar-refractivity contribution in [3.8, 4) is 0 Å². The van der Waals surface area contributed by atoms with Crippen LogP contribution in [0.4, 0.5) is 8.78 Å². The molecule has 0 amide bonds. The van der Waals surface area contributed by atoms with Crippen molar-refractivity contribution in [1.29, 1.82) is 0 Å². The second-order valence-corrected chi connectivity index (χ2v) is 3.51. The highest BCUT2D eigenvalue weighted by atomic mass is 19.2. The number of hydrogen-bond acceptors (Lipinski definition) is 0. The fraction of sp³-hybridized carbons (Fsp3) is 0.417. The van der Waals surface area contributed by atoms with Crippen molar-refractivity contribution < 1.29 is 8.78 Å². The predicted molar refractivity (Wildman–Crippen MR) is 53.9 cm³/mol. The van der Waals surface area contributed by atoms with Gasteiger partial charge in [0.05, 0.1) is 0 Å². The Morgan fingerprint density at radius 2 is 1.93 bits per heavy atom. The Balaban J connectivity index is 2.70.